The monoisotopic (exact) mass is 258 g/mol. The van der Waals surface area contributed by atoms with Crippen molar-refractivity contribution in [3.05, 3.63) is 35.9 Å². The van der Waals surface area contributed by atoms with Crippen LogP contribution in [0.3, 0.4) is 0 Å². The maximum Gasteiger partial charge on any atom is 0.158 e. The molecule has 2 nitrogen and oxygen atoms in total. The van der Waals surface area contributed by atoms with Gasteiger partial charge in [-0.05, 0) is 37.7 Å². The number of hydrogen-bond donors (Lipinski definition) is 0. The Morgan fingerprint density at radius 2 is 2.05 bits per heavy atom. The zero-order valence-electron chi connectivity index (χ0n) is 11.4. The van der Waals surface area contributed by atoms with Crippen molar-refractivity contribution < 1.29 is 9.47 Å². The van der Waals surface area contributed by atoms with E-state index in [2.05, 4.69) is 36.1 Å². The standard InChI is InChI=1S/C17H22O2/c1(4-10-16-11-5-3-6-12-16)2-8-14-18-17-13-7-9-15-19-17/h3,5-6,11-12,17H,1,4,7,9-10,13-15H2/t17-/m1/s1. The van der Waals surface area contributed by atoms with E-state index in [1.165, 1.54) is 12.0 Å². The quantitative estimate of drug-likeness (QED) is 0.594. The molecule has 0 unspecified atom stereocenters. The summed E-state index contributed by atoms with van der Waals surface area (Å²) in [4.78, 5) is 0. The number of unbranched alkanes of at least 4 members (excludes halogenated alkanes) is 1. The van der Waals surface area contributed by atoms with Crippen molar-refractivity contribution in [2.24, 2.45) is 0 Å². The van der Waals surface area contributed by atoms with Crippen LogP contribution in [0.5, 0.6) is 0 Å². The topological polar surface area (TPSA) is 18.5 Å². The first-order valence-corrected chi connectivity index (χ1v) is 7.18. The van der Waals surface area contributed by atoms with E-state index < -0.39 is 0 Å². The molecule has 1 saturated heterocycles. The highest BCUT2D eigenvalue weighted by atomic mass is 16.7. The lowest BCUT2D eigenvalue weighted by molar-refractivity contribution is -0.154. The molecule has 0 spiro atoms. The van der Waals surface area contributed by atoms with Crippen LogP contribution in [0, 0.1) is 11.8 Å². The first-order valence-electron chi connectivity index (χ1n) is 7.18. The van der Waals surface area contributed by atoms with Crippen molar-refractivity contribution in [2.45, 2.75) is 44.8 Å². The zero-order chi connectivity index (χ0) is 13.2. The van der Waals surface area contributed by atoms with E-state index in [-0.39, 0.29) is 6.29 Å². The summed E-state index contributed by atoms with van der Waals surface area (Å²) in [6.45, 7) is 1.32. The van der Waals surface area contributed by atoms with E-state index in [4.69, 9.17) is 9.47 Å². The van der Waals surface area contributed by atoms with Gasteiger partial charge in [0.15, 0.2) is 6.29 Å². The summed E-state index contributed by atoms with van der Waals surface area (Å²) in [6, 6.07) is 10.5. The third kappa shape index (κ3) is 5.92. The Hall–Kier alpha value is -1.30. The molecular weight excluding hydrogens is 236 g/mol. The molecule has 0 radical (unpaired) electrons. The molecule has 102 valence electrons. The Morgan fingerprint density at radius 1 is 1.16 bits per heavy atom. The van der Waals surface area contributed by atoms with Crippen LogP contribution in [0.15, 0.2) is 30.3 Å². The Morgan fingerprint density at radius 3 is 2.84 bits per heavy atom. The summed E-state index contributed by atoms with van der Waals surface area (Å²) in [6.07, 6.45) is 6.49. The van der Waals surface area contributed by atoms with E-state index in [0.29, 0.717) is 6.61 Å². The molecule has 1 aliphatic heterocycles. The van der Waals surface area contributed by atoms with E-state index >= 15 is 0 Å². The minimum atomic E-state index is -0.0210. The predicted octanol–water partition coefficient (Wildman–Crippen LogP) is 3.56. The molecule has 0 amide bonds. The fourth-order valence-electron chi connectivity index (χ4n) is 2.14. The lowest BCUT2D eigenvalue weighted by atomic mass is 10.1. The molecule has 2 rings (SSSR count). The van der Waals surface area contributed by atoms with Gasteiger partial charge in [0.2, 0.25) is 0 Å². The number of ether oxygens (including phenoxy) is 2. The van der Waals surface area contributed by atoms with Gasteiger partial charge in [0.1, 0.15) is 6.61 Å². The SMILES string of the molecule is C(#CCO[C@H]1CCCCO1)CCCc1ccccc1. The highest BCUT2D eigenvalue weighted by molar-refractivity contribution is 5.14. The van der Waals surface area contributed by atoms with E-state index in [9.17, 15) is 0 Å². The molecule has 1 aliphatic rings. The average Bonchev–Trinajstić information content (AvgIpc) is 2.48. The van der Waals surface area contributed by atoms with Crippen molar-refractivity contribution in [1.82, 2.24) is 0 Å². The fraction of sp³-hybridized carbons (Fsp3) is 0.529. The van der Waals surface area contributed by atoms with Crippen LogP contribution >= 0.6 is 0 Å². The average molecular weight is 258 g/mol. The first-order chi connectivity index (χ1) is 9.45. The number of rotatable bonds is 5. The third-order valence-corrected chi connectivity index (χ3v) is 3.21. The fourth-order valence-corrected chi connectivity index (χ4v) is 2.14. The van der Waals surface area contributed by atoms with Crippen LogP contribution in [0.25, 0.3) is 0 Å². The molecule has 1 fully saturated rings. The van der Waals surface area contributed by atoms with Gasteiger partial charge >= 0.3 is 0 Å². The smallest absolute Gasteiger partial charge is 0.158 e. The zero-order valence-corrected chi connectivity index (χ0v) is 11.4. The third-order valence-electron chi connectivity index (χ3n) is 3.21. The van der Waals surface area contributed by atoms with E-state index in [0.717, 1.165) is 38.7 Å². The summed E-state index contributed by atoms with van der Waals surface area (Å²) in [5.74, 6) is 6.23. The lowest BCUT2D eigenvalue weighted by Crippen LogP contribution is -2.22. The molecule has 0 aliphatic carbocycles. The molecular formula is C17H22O2. The summed E-state index contributed by atoms with van der Waals surface area (Å²) in [5, 5.41) is 0. The van der Waals surface area contributed by atoms with Gasteiger partial charge in [0.05, 0.1) is 0 Å². The molecule has 2 heteroatoms. The lowest BCUT2D eigenvalue weighted by Gasteiger charge is -2.21. The van der Waals surface area contributed by atoms with E-state index in [1.54, 1.807) is 0 Å². The number of hydrogen-bond acceptors (Lipinski definition) is 2. The van der Waals surface area contributed by atoms with Crippen LogP contribution in [-0.2, 0) is 15.9 Å². The maximum atomic E-state index is 5.55. The van der Waals surface area contributed by atoms with Gasteiger partial charge in [0, 0.05) is 13.0 Å². The Bertz CT molecular complexity index is 396. The van der Waals surface area contributed by atoms with Crippen LogP contribution < -0.4 is 0 Å². The van der Waals surface area contributed by atoms with Gasteiger partial charge < -0.3 is 9.47 Å². The van der Waals surface area contributed by atoms with Crippen molar-refractivity contribution in [1.29, 1.82) is 0 Å². The molecule has 19 heavy (non-hydrogen) atoms. The highest BCUT2D eigenvalue weighted by Gasteiger charge is 2.12. The molecule has 1 aromatic rings. The van der Waals surface area contributed by atoms with Crippen LogP contribution in [-0.4, -0.2) is 19.5 Å². The predicted molar refractivity (Wildman–Crippen MR) is 76.7 cm³/mol. The van der Waals surface area contributed by atoms with Gasteiger partial charge in [-0.1, -0.05) is 36.3 Å². The molecule has 1 atom stereocenters. The van der Waals surface area contributed by atoms with Crippen molar-refractivity contribution in [3.63, 3.8) is 0 Å². The van der Waals surface area contributed by atoms with Crippen molar-refractivity contribution in [3.8, 4) is 11.8 Å². The second-order valence-corrected chi connectivity index (χ2v) is 4.80. The first kappa shape index (κ1) is 14.1. The molecule has 0 saturated carbocycles. The van der Waals surface area contributed by atoms with E-state index in [1.807, 2.05) is 6.07 Å². The minimum absolute atomic E-state index is 0.0210. The Kier molecular flexibility index (Phi) is 6.49. The summed E-state index contributed by atoms with van der Waals surface area (Å²) < 4.78 is 11.0. The largest absolute Gasteiger partial charge is 0.353 e. The van der Waals surface area contributed by atoms with Gasteiger partial charge in [0.25, 0.3) is 0 Å². The highest BCUT2D eigenvalue weighted by Crippen LogP contribution is 2.13. The summed E-state index contributed by atoms with van der Waals surface area (Å²) in [7, 11) is 0. The normalized spacial score (nSPS) is 18.6. The molecule has 0 bridgehead atoms. The van der Waals surface area contributed by atoms with Gasteiger partial charge in [-0.15, -0.1) is 5.92 Å². The summed E-state index contributed by atoms with van der Waals surface area (Å²) >= 11 is 0. The number of benzene rings is 1. The van der Waals surface area contributed by atoms with Gasteiger partial charge in [-0.2, -0.15) is 0 Å². The maximum absolute atomic E-state index is 5.55. The van der Waals surface area contributed by atoms with Crippen molar-refractivity contribution in [2.75, 3.05) is 13.2 Å². The second kappa shape index (κ2) is 8.74. The Labute approximate surface area is 116 Å². The van der Waals surface area contributed by atoms with Crippen LogP contribution in [0.4, 0.5) is 0 Å². The minimum Gasteiger partial charge on any atom is -0.353 e. The summed E-state index contributed by atoms with van der Waals surface area (Å²) in [5.41, 5.74) is 1.39. The number of aryl methyl sites for hydroxylation is 1. The Balaban J connectivity index is 1.52. The molecule has 1 heterocycles. The van der Waals surface area contributed by atoms with Crippen LogP contribution in [0.1, 0.15) is 37.7 Å². The van der Waals surface area contributed by atoms with Crippen LogP contribution in [0.2, 0.25) is 0 Å². The molecule has 1 aromatic carbocycles. The molecule has 0 aromatic heterocycles. The van der Waals surface area contributed by atoms with Gasteiger partial charge in [-0.25, -0.2) is 0 Å². The molecule has 0 N–H and O–H groups in total. The second-order valence-electron chi connectivity index (χ2n) is 4.80. The van der Waals surface area contributed by atoms with Gasteiger partial charge in [-0.3, -0.25) is 0 Å². The van der Waals surface area contributed by atoms with Crippen molar-refractivity contribution >= 4 is 0 Å².